The first-order valence-electron chi connectivity index (χ1n) is 3.10. The van der Waals surface area contributed by atoms with Crippen molar-refractivity contribution in [3.8, 4) is 0 Å². The maximum Gasteiger partial charge on any atom is 1.00 e. The number of hydrogen-bond acceptors (Lipinski definition) is 0. The molecule has 0 saturated carbocycles. The minimum absolute atomic E-state index is 0. The summed E-state index contributed by atoms with van der Waals surface area (Å²) in [5, 5.41) is 0. The van der Waals surface area contributed by atoms with Gasteiger partial charge >= 0.3 is 17.1 Å². The van der Waals surface area contributed by atoms with Gasteiger partial charge in [-0.25, -0.2) is 0 Å². The Morgan fingerprint density at radius 3 is 2.12 bits per heavy atom. The third kappa shape index (κ3) is 6.52. The Morgan fingerprint density at radius 2 is 2.00 bits per heavy atom. The van der Waals surface area contributed by atoms with Gasteiger partial charge in [0.2, 0.25) is 0 Å². The van der Waals surface area contributed by atoms with Gasteiger partial charge in [-0.15, -0.1) is 0 Å². The predicted octanol–water partition coefficient (Wildman–Crippen LogP) is 2.64. The Labute approximate surface area is 63.5 Å². The van der Waals surface area contributed by atoms with E-state index in [-0.39, 0.29) is 17.1 Å². The molecule has 0 unspecified atom stereocenters. The van der Waals surface area contributed by atoms with Crippen molar-refractivity contribution in [2.75, 3.05) is 0 Å². The average molecular weight is 163 g/mol. The SMILES string of the molecule is [CH2-]C[C@@H](C)CCC.[Cu+]. The van der Waals surface area contributed by atoms with Gasteiger partial charge in [-0.3, -0.25) is 0 Å². The molecule has 8 heavy (non-hydrogen) atoms. The van der Waals surface area contributed by atoms with Gasteiger partial charge in [0.1, 0.15) is 0 Å². The van der Waals surface area contributed by atoms with E-state index in [0.717, 1.165) is 12.3 Å². The fourth-order valence-electron chi connectivity index (χ4n) is 0.637. The molecule has 0 aliphatic heterocycles. The van der Waals surface area contributed by atoms with Crippen molar-refractivity contribution in [1.82, 2.24) is 0 Å². The molecule has 0 bridgehead atoms. The standard InChI is InChI=1S/C7H15.Cu/c1-4-6-7(3)5-2;/h7H,2,4-6H2,1,3H3;/q-1;+1/t7-;/m1./s1. The fourth-order valence-corrected chi connectivity index (χ4v) is 0.637. The van der Waals surface area contributed by atoms with E-state index in [1.165, 1.54) is 12.8 Å². The summed E-state index contributed by atoms with van der Waals surface area (Å²) in [6, 6.07) is 0. The molecular weight excluding hydrogens is 148 g/mol. The van der Waals surface area contributed by atoms with Gasteiger partial charge in [-0.05, 0) is 0 Å². The molecule has 0 aromatic carbocycles. The quantitative estimate of drug-likeness (QED) is 0.442. The normalized spacial score (nSPS) is 12.4. The summed E-state index contributed by atoms with van der Waals surface area (Å²) < 4.78 is 0. The van der Waals surface area contributed by atoms with Crippen molar-refractivity contribution in [2.24, 2.45) is 5.92 Å². The second-order valence-corrected chi connectivity index (χ2v) is 2.18. The minimum atomic E-state index is 0. The zero-order valence-corrected chi connectivity index (χ0v) is 6.65. The van der Waals surface area contributed by atoms with Gasteiger partial charge in [0, 0.05) is 0 Å². The minimum Gasteiger partial charge on any atom is -0.343 e. The molecule has 1 atom stereocenters. The molecule has 0 saturated heterocycles. The molecule has 54 valence electrons. The smallest absolute Gasteiger partial charge is 0.343 e. The monoisotopic (exact) mass is 162 g/mol. The Balaban J connectivity index is 0. The van der Waals surface area contributed by atoms with Gasteiger partial charge in [0.25, 0.3) is 0 Å². The molecule has 1 heteroatoms. The van der Waals surface area contributed by atoms with E-state index in [1.807, 2.05) is 0 Å². The first-order valence-corrected chi connectivity index (χ1v) is 3.10. The van der Waals surface area contributed by atoms with E-state index < -0.39 is 0 Å². The first-order chi connectivity index (χ1) is 3.31. The topological polar surface area (TPSA) is 0 Å². The third-order valence-corrected chi connectivity index (χ3v) is 1.27. The molecule has 0 heterocycles. The van der Waals surface area contributed by atoms with Crippen LogP contribution in [0.4, 0.5) is 0 Å². The van der Waals surface area contributed by atoms with Crippen LogP contribution in [0.25, 0.3) is 0 Å². The zero-order chi connectivity index (χ0) is 5.70. The summed E-state index contributed by atoms with van der Waals surface area (Å²) in [5.41, 5.74) is 0. The maximum atomic E-state index is 3.80. The van der Waals surface area contributed by atoms with Gasteiger partial charge < -0.3 is 6.92 Å². The van der Waals surface area contributed by atoms with Crippen LogP contribution in [-0.4, -0.2) is 0 Å². The van der Waals surface area contributed by atoms with Gasteiger partial charge in [0.15, 0.2) is 0 Å². The molecule has 0 aromatic heterocycles. The Hall–Kier alpha value is 0.519. The molecule has 0 N–H and O–H groups in total. The van der Waals surface area contributed by atoms with Crippen molar-refractivity contribution >= 4 is 0 Å². The Kier molecular flexibility index (Phi) is 10.7. The van der Waals surface area contributed by atoms with E-state index >= 15 is 0 Å². The fraction of sp³-hybridized carbons (Fsp3) is 0.857. The molecule has 0 amide bonds. The van der Waals surface area contributed by atoms with Crippen LogP contribution in [0, 0.1) is 12.8 Å². The van der Waals surface area contributed by atoms with Crippen LogP contribution in [0.1, 0.15) is 33.1 Å². The number of rotatable bonds is 3. The van der Waals surface area contributed by atoms with E-state index in [9.17, 15) is 0 Å². The van der Waals surface area contributed by atoms with Crippen LogP contribution in [-0.2, 0) is 17.1 Å². The summed E-state index contributed by atoms with van der Waals surface area (Å²) in [7, 11) is 0. The third-order valence-electron chi connectivity index (χ3n) is 1.27. The van der Waals surface area contributed by atoms with Crippen molar-refractivity contribution in [1.29, 1.82) is 0 Å². The van der Waals surface area contributed by atoms with Crippen molar-refractivity contribution < 1.29 is 17.1 Å². The van der Waals surface area contributed by atoms with Crippen LogP contribution in [0.3, 0.4) is 0 Å². The molecule has 0 nitrogen and oxygen atoms in total. The van der Waals surface area contributed by atoms with Gasteiger partial charge in [-0.2, -0.15) is 6.42 Å². The molecule has 0 rings (SSSR count). The Bertz CT molecular complexity index is 35.4. The molecule has 0 aromatic rings. The van der Waals surface area contributed by atoms with Crippen molar-refractivity contribution in [2.45, 2.75) is 33.1 Å². The van der Waals surface area contributed by atoms with Gasteiger partial charge in [-0.1, -0.05) is 32.6 Å². The second kappa shape index (κ2) is 7.52. The van der Waals surface area contributed by atoms with Crippen LogP contribution in [0.5, 0.6) is 0 Å². The summed E-state index contributed by atoms with van der Waals surface area (Å²) in [6.07, 6.45) is 3.73. The van der Waals surface area contributed by atoms with Crippen LogP contribution >= 0.6 is 0 Å². The summed E-state index contributed by atoms with van der Waals surface area (Å²) in [6.45, 7) is 8.27. The molecule has 0 fully saturated rings. The van der Waals surface area contributed by atoms with Crippen molar-refractivity contribution in [3.05, 3.63) is 6.92 Å². The largest absolute Gasteiger partial charge is 1.00 e. The summed E-state index contributed by atoms with van der Waals surface area (Å²) in [4.78, 5) is 0. The predicted molar refractivity (Wildman–Crippen MR) is 34.0 cm³/mol. The molecule has 0 spiro atoms. The van der Waals surface area contributed by atoms with E-state index in [1.54, 1.807) is 0 Å². The molecule has 0 aliphatic carbocycles. The maximum absolute atomic E-state index is 3.80. The first kappa shape index (κ1) is 11.3. The molecule has 0 aliphatic rings. The number of hydrogen-bond donors (Lipinski definition) is 0. The van der Waals surface area contributed by atoms with Crippen LogP contribution in [0.2, 0.25) is 0 Å². The molecular formula is C7H15Cu. The van der Waals surface area contributed by atoms with Gasteiger partial charge in [0.05, 0.1) is 0 Å². The average Bonchev–Trinajstić information content (AvgIpc) is 1.68. The zero-order valence-electron chi connectivity index (χ0n) is 5.71. The summed E-state index contributed by atoms with van der Waals surface area (Å²) in [5.74, 6) is 0.838. The molecule has 0 radical (unpaired) electrons. The Morgan fingerprint density at radius 1 is 1.50 bits per heavy atom. The van der Waals surface area contributed by atoms with E-state index in [2.05, 4.69) is 20.8 Å². The van der Waals surface area contributed by atoms with Crippen molar-refractivity contribution in [3.63, 3.8) is 0 Å². The van der Waals surface area contributed by atoms with Crippen LogP contribution in [0.15, 0.2) is 0 Å². The van der Waals surface area contributed by atoms with Crippen LogP contribution < -0.4 is 0 Å². The summed E-state index contributed by atoms with van der Waals surface area (Å²) >= 11 is 0. The van der Waals surface area contributed by atoms with E-state index in [0.29, 0.717) is 0 Å². The second-order valence-electron chi connectivity index (χ2n) is 2.18. The van der Waals surface area contributed by atoms with E-state index in [4.69, 9.17) is 0 Å².